The van der Waals surface area contributed by atoms with Crippen LogP contribution in [0.5, 0.6) is 0 Å². The number of nitrogens with one attached hydrogen (secondary N) is 1. The van der Waals surface area contributed by atoms with Gasteiger partial charge in [-0.3, -0.25) is 0 Å². The number of anilines is 1. The Hall–Kier alpha value is -2.02. The van der Waals surface area contributed by atoms with E-state index in [1.807, 2.05) is 30.3 Å². The second-order valence-corrected chi connectivity index (χ2v) is 10.7. The van der Waals surface area contributed by atoms with Gasteiger partial charge in [0.05, 0.1) is 16.9 Å². The number of carbonyl (C=O) groups excluding carboxylic acids is 1. The summed E-state index contributed by atoms with van der Waals surface area (Å²) in [6.07, 6.45) is 0. The lowest BCUT2D eigenvalue weighted by molar-refractivity contribution is -0.135. The van der Waals surface area contributed by atoms with Crippen molar-refractivity contribution in [2.45, 2.75) is 33.2 Å². The van der Waals surface area contributed by atoms with Crippen LogP contribution in [0.1, 0.15) is 36.1 Å². The second-order valence-electron chi connectivity index (χ2n) is 7.94. The van der Waals surface area contributed by atoms with Gasteiger partial charge in [-0.05, 0) is 56.5 Å². The van der Waals surface area contributed by atoms with Crippen molar-refractivity contribution in [2.24, 2.45) is 0 Å². The van der Waals surface area contributed by atoms with Crippen molar-refractivity contribution in [1.29, 1.82) is 0 Å². The minimum absolute atomic E-state index is 0.318. The Labute approximate surface area is 191 Å². The van der Waals surface area contributed by atoms with Gasteiger partial charge in [0.15, 0.2) is 0 Å². The van der Waals surface area contributed by atoms with Crippen molar-refractivity contribution in [1.82, 2.24) is 0 Å². The molecule has 4 rings (SSSR count). The Morgan fingerprint density at radius 3 is 2.40 bits per heavy atom. The maximum Gasteiger partial charge on any atom is 0.345 e. The first-order valence-electron chi connectivity index (χ1n) is 9.65. The Morgan fingerprint density at radius 1 is 1.07 bits per heavy atom. The highest BCUT2D eigenvalue weighted by molar-refractivity contribution is 8.32. The van der Waals surface area contributed by atoms with Crippen LogP contribution in [0.3, 0.4) is 0 Å². The summed E-state index contributed by atoms with van der Waals surface area (Å²) in [4.78, 5) is 15.0. The molecule has 2 aromatic carbocycles. The average molecular weight is 454 g/mol. The molecule has 0 bridgehead atoms. The van der Waals surface area contributed by atoms with Gasteiger partial charge in [0.1, 0.15) is 4.91 Å². The minimum atomic E-state index is -0.367. The predicted molar refractivity (Wildman–Crippen MR) is 134 cm³/mol. The molecule has 2 aromatic rings. The van der Waals surface area contributed by atoms with Crippen LogP contribution in [0.25, 0.3) is 10.5 Å². The molecule has 0 aromatic heterocycles. The van der Waals surface area contributed by atoms with Crippen molar-refractivity contribution >= 4 is 62.7 Å². The molecule has 154 valence electrons. The number of methoxy groups -OCH3 is 1. The first-order chi connectivity index (χ1) is 14.2. The number of hydrogen-bond donors (Lipinski definition) is 1. The molecule has 0 spiro atoms. The molecule has 6 heteroatoms. The SMILES string of the molecule is COC(=O)C1=C(c2ccccc2)S/C(=C2/C(=S)C(C)(C)Nc3cc(C)c(C)cc32)S1. The van der Waals surface area contributed by atoms with E-state index in [9.17, 15) is 4.79 Å². The summed E-state index contributed by atoms with van der Waals surface area (Å²) in [6.45, 7) is 8.44. The van der Waals surface area contributed by atoms with Crippen LogP contribution in [0.15, 0.2) is 51.6 Å². The van der Waals surface area contributed by atoms with Crippen LogP contribution in [-0.2, 0) is 9.53 Å². The van der Waals surface area contributed by atoms with Crippen molar-refractivity contribution in [2.75, 3.05) is 12.4 Å². The zero-order chi connectivity index (χ0) is 21.6. The van der Waals surface area contributed by atoms with Crippen molar-refractivity contribution < 1.29 is 9.53 Å². The monoisotopic (exact) mass is 453 g/mol. The minimum Gasteiger partial charge on any atom is -0.465 e. The highest BCUT2D eigenvalue weighted by atomic mass is 32.2. The summed E-state index contributed by atoms with van der Waals surface area (Å²) >= 11 is 9.03. The van der Waals surface area contributed by atoms with Crippen LogP contribution in [0.4, 0.5) is 5.69 Å². The van der Waals surface area contributed by atoms with Gasteiger partial charge in [0, 0.05) is 26.6 Å². The number of rotatable bonds is 2. The first-order valence-corrected chi connectivity index (χ1v) is 11.7. The molecule has 2 aliphatic heterocycles. The van der Waals surface area contributed by atoms with Gasteiger partial charge >= 0.3 is 5.97 Å². The Balaban J connectivity index is 1.91. The van der Waals surface area contributed by atoms with Gasteiger partial charge in [-0.25, -0.2) is 4.79 Å². The molecular formula is C24H23NO2S3. The fraction of sp³-hybridized carbons (Fsp3) is 0.250. The summed E-state index contributed by atoms with van der Waals surface area (Å²) in [7, 11) is 1.42. The molecule has 0 saturated carbocycles. The molecule has 0 aliphatic carbocycles. The molecule has 30 heavy (non-hydrogen) atoms. The number of carbonyl (C=O) groups is 1. The molecular weight excluding hydrogens is 430 g/mol. The maximum absolute atomic E-state index is 12.6. The lowest BCUT2D eigenvalue weighted by Gasteiger charge is -2.37. The highest BCUT2D eigenvalue weighted by Gasteiger charge is 2.38. The molecule has 0 saturated heterocycles. The number of fused-ring (bicyclic) bond motifs is 1. The van der Waals surface area contributed by atoms with Crippen LogP contribution >= 0.6 is 35.7 Å². The quantitative estimate of drug-likeness (QED) is 0.315. The molecule has 1 N–H and O–H groups in total. The van der Waals surface area contributed by atoms with Crippen LogP contribution in [0.2, 0.25) is 0 Å². The number of benzene rings is 2. The lowest BCUT2D eigenvalue weighted by atomic mass is 9.84. The third-order valence-electron chi connectivity index (χ3n) is 5.35. The van der Waals surface area contributed by atoms with E-state index in [2.05, 4.69) is 45.1 Å². The van der Waals surface area contributed by atoms with Gasteiger partial charge in [0.25, 0.3) is 0 Å². The van der Waals surface area contributed by atoms with Crippen molar-refractivity contribution in [3.05, 3.63) is 73.9 Å². The maximum atomic E-state index is 12.6. The standard InChI is InChI=1S/C24H23NO2S3/c1-13-11-16-17(12-14(13)2)25-24(3,4)21(28)18(16)23-29-19(15-9-7-6-8-10-15)20(30-23)22(26)27-5/h6-12,25H,1-5H3/b23-18-. The largest absolute Gasteiger partial charge is 0.465 e. The molecule has 0 fully saturated rings. The van der Waals surface area contributed by atoms with Gasteiger partial charge in [-0.15, -0.1) is 0 Å². The lowest BCUT2D eigenvalue weighted by Crippen LogP contribution is -2.43. The molecule has 0 unspecified atom stereocenters. The number of esters is 1. The van der Waals surface area contributed by atoms with Gasteiger partial charge in [0.2, 0.25) is 0 Å². The predicted octanol–water partition coefficient (Wildman–Crippen LogP) is 6.57. The smallest absolute Gasteiger partial charge is 0.345 e. The van der Waals surface area contributed by atoms with E-state index < -0.39 is 0 Å². The molecule has 3 nitrogen and oxygen atoms in total. The molecule has 2 aliphatic rings. The third kappa shape index (κ3) is 3.61. The molecule has 2 heterocycles. The van der Waals surface area contributed by atoms with Crippen molar-refractivity contribution in [3.63, 3.8) is 0 Å². The summed E-state index contributed by atoms with van der Waals surface area (Å²) in [5.41, 5.74) is 6.30. The third-order valence-corrected chi connectivity index (χ3v) is 8.69. The van der Waals surface area contributed by atoms with Crippen molar-refractivity contribution in [3.8, 4) is 0 Å². The van der Waals surface area contributed by atoms with E-state index in [0.717, 1.165) is 36.4 Å². The fourth-order valence-corrected chi connectivity index (χ4v) is 6.68. The van der Waals surface area contributed by atoms with E-state index in [1.54, 1.807) is 11.8 Å². The Morgan fingerprint density at radius 2 is 1.73 bits per heavy atom. The Bertz CT molecular complexity index is 1130. The summed E-state index contributed by atoms with van der Waals surface area (Å²) in [5, 5.41) is 3.60. The van der Waals surface area contributed by atoms with Crippen LogP contribution in [-0.4, -0.2) is 23.5 Å². The van der Waals surface area contributed by atoms with E-state index in [1.165, 1.54) is 30.0 Å². The van der Waals surface area contributed by atoms with E-state index in [4.69, 9.17) is 17.0 Å². The molecule has 0 amide bonds. The topological polar surface area (TPSA) is 38.3 Å². The normalized spacial score (nSPS) is 20.1. The Kier molecular flexibility index (Phi) is 5.60. The fourth-order valence-electron chi connectivity index (χ4n) is 3.56. The summed E-state index contributed by atoms with van der Waals surface area (Å²) < 4.78 is 6.12. The number of thiocarbonyl (C=S) groups is 1. The number of thioether (sulfide) groups is 2. The van der Waals surface area contributed by atoms with E-state index >= 15 is 0 Å². The molecule has 0 atom stereocenters. The highest BCUT2D eigenvalue weighted by Crippen LogP contribution is 2.58. The van der Waals surface area contributed by atoms with E-state index in [0.29, 0.717) is 4.91 Å². The molecule has 0 radical (unpaired) electrons. The van der Waals surface area contributed by atoms with Crippen LogP contribution in [0, 0.1) is 13.8 Å². The zero-order valence-electron chi connectivity index (χ0n) is 17.6. The number of aryl methyl sites for hydroxylation is 2. The number of ether oxygens (including phenoxy) is 1. The second kappa shape index (κ2) is 7.91. The van der Waals surface area contributed by atoms with Crippen LogP contribution < -0.4 is 5.32 Å². The summed E-state index contributed by atoms with van der Waals surface area (Å²) in [6, 6.07) is 14.4. The van der Waals surface area contributed by atoms with Gasteiger partial charge in [-0.2, -0.15) is 0 Å². The van der Waals surface area contributed by atoms with E-state index in [-0.39, 0.29) is 11.5 Å². The van der Waals surface area contributed by atoms with Gasteiger partial charge in [-0.1, -0.05) is 66.1 Å². The average Bonchev–Trinajstić information content (AvgIpc) is 3.15. The zero-order valence-corrected chi connectivity index (χ0v) is 20.0. The number of hydrogen-bond acceptors (Lipinski definition) is 6. The first kappa shape index (κ1) is 21.2. The van der Waals surface area contributed by atoms with Gasteiger partial charge < -0.3 is 10.1 Å². The summed E-state index contributed by atoms with van der Waals surface area (Å²) in [5.74, 6) is -0.318.